The standard InChI is InChI=1S/C5H2BF6N2/c7-5(8,9)4-13-1-3(2-14-4)6(10,11)12/h1-2H/q-1. The van der Waals surface area contributed by atoms with Crippen molar-refractivity contribution in [2.75, 3.05) is 0 Å². The van der Waals surface area contributed by atoms with Gasteiger partial charge in [-0.15, -0.1) is 0 Å². The van der Waals surface area contributed by atoms with E-state index in [0.29, 0.717) is 0 Å². The number of hydrogen-bond donors (Lipinski definition) is 0. The second kappa shape index (κ2) is 3.14. The number of nitrogens with zero attached hydrogens (tertiary/aromatic N) is 2. The minimum absolute atomic E-state index is 0.121. The van der Waals surface area contributed by atoms with Crippen LogP contribution in [0.15, 0.2) is 12.4 Å². The van der Waals surface area contributed by atoms with Crippen molar-refractivity contribution in [3.8, 4) is 0 Å². The molecule has 0 aliphatic heterocycles. The molecule has 1 rings (SSSR count). The third-order valence-electron chi connectivity index (χ3n) is 1.30. The molecule has 0 aliphatic carbocycles. The Morgan fingerprint density at radius 2 is 1.43 bits per heavy atom. The lowest BCUT2D eigenvalue weighted by atomic mass is 9.83. The van der Waals surface area contributed by atoms with Crippen LogP contribution >= 0.6 is 0 Å². The van der Waals surface area contributed by atoms with Crippen LogP contribution in [0.25, 0.3) is 0 Å². The molecule has 0 radical (unpaired) electrons. The molecule has 0 saturated heterocycles. The maximum absolute atomic E-state index is 11.9. The minimum Gasteiger partial charge on any atom is -0.445 e. The Labute approximate surface area is 74.0 Å². The fourth-order valence-electron chi connectivity index (χ4n) is 0.653. The van der Waals surface area contributed by atoms with Gasteiger partial charge in [-0.2, -0.15) is 13.2 Å². The zero-order valence-electron chi connectivity index (χ0n) is 6.39. The number of rotatable bonds is 1. The molecule has 1 aromatic heterocycles. The highest BCUT2D eigenvalue weighted by Crippen LogP contribution is 2.25. The topological polar surface area (TPSA) is 25.8 Å². The smallest absolute Gasteiger partial charge is 0.445 e. The van der Waals surface area contributed by atoms with E-state index in [2.05, 4.69) is 9.97 Å². The Balaban J connectivity index is 3.02. The first kappa shape index (κ1) is 10.8. The Kier molecular flexibility index (Phi) is 2.42. The van der Waals surface area contributed by atoms with Gasteiger partial charge in [-0.3, -0.25) is 0 Å². The molecule has 0 aliphatic rings. The van der Waals surface area contributed by atoms with Crippen molar-refractivity contribution in [3.05, 3.63) is 18.2 Å². The predicted molar refractivity (Wildman–Crippen MR) is 35.7 cm³/mol. The summed E-state index contributed by atoms with van der Waals surface area (Å²) in [5.74, 6) is -1.58. The average molecular weight is 215 g/mol. The van der Waals surface area contributed by atoms with E-state index in [1.54, 1.807) is 0 Å². The van der Waals surface area contributed by atoms with Crippen molar-refractivity contribution in [2.45, 2.75) is 6.18 Å². The van der Waals surface area contributed by atoms with Gasteiger partial charge in [-0.05, 0) is 0 Å². The van der Waals surface area contributed by atoms with Crippen molar-refractivity contribution in [2.24, 2.45) is 0 Å². The molecule has 0 bridgehead atoms. The largest absolute Gasteiger partial charge is 0.512 e. The first-order chi connectivity index (χ1) is 6.21. The first-order valence-corrected chi connectivity index (χ1v) is 3.30. The average Bonchev–Trinajstić information content (AvgIpc) is 2.01. The van der Waals surface area contributed by atoms with Gasteiger partial charge in [-0.25, -0.2) is 9.97 Å². The Hall–Kier alpha value is -1.28. The van der Waals surface area contributed by atoms with Gasteiger partial charge in [-0.1, -0.05) is 5.46 Å². The van der Waals surface area contributed by atoms with Crippen LogP contribution in [0.2, 0.25) is 0 Å². The number of aromatic nitrogens is 2. The predicted octanol–water partition coefficient (Wildman–Crippen LogP) is 1.55. The van der Waals surface area contributed by atoms with Gasteiger partial charge in [0.15, 0.2) is 0 Å². The molecule has 0 saturated carbocycles. The van der Waals surface area contributed by atoms with E-state index in [9.17, 15) is 26.1 Å². The van der Waals surface area contributed by atoms with Crippen molar-refractivity contribution in [1.29, 1.82) is 0 Å². The summed E-state index contributed by atoms with van der Waals surface area (Å²) in [6.45, 7) is -5.35. The van der Waals surface area contributed by atoms with Crippen molar-refractivity contribution in [1.82, 2.24) is 9.97 Å². The lowest BCUT2D eigenvalue weighted by molar-refractivity contribution is -0.144. The van der Waals surface area contributed by atoms with Gasteiger partial charge < -0.3 is 12.9 Å². The third kappa shape index (κ3) is 2.36. The Morgan fingerprint density at radius 3 is 1.71 bits per heavy atom. The molecule has 0 spiro atoms. The fourth-order valence-corrected chi connectivity index (χ4v) is 0.653. The molecule has 0 amide bonds. The van der Waals surface area contributed by atoms with Gasteiger partial charge >= 0.3 is 13.2 Å². The lowest BCUT2D eigenvalue weighted by Gasteiger charge is -2.13. The van der Waals surface area contributed by atoms with Gasteiger partial charge in [0, 0.05) is 12.4 Å². The Bertz CT molecular complexity index is 281. The summed E-state index contributed by atoms with van der Waals surface area (Å²) in [6, 6.07) is 0. The molecule has 1 aromatic rings. The summed E-state index contributed by atoms with van der Waals surface area (Å²) in [4.78, 5) is 5.15. The summed E-state index contributed by atoms with van der Waals surface area (Å²) in [6.07, 6.45) is -4.58. The molecular formula is C5H2BF6N2-. The van der Waals surface area contributed by atoms with Crippen molar-refractivity contribution >= 4 is 12.4 Å². The molecule has 0 atom stereocenters. The number of halogens is 6. The molecule has 0 fully saturated rings. The molecule has 14 heavy (non-hydrogen) atoms. The molecule has 0 unspecified atom stereocenters. The van der Waals surface area contributed by atoms with Gasteiger partial charge in [0.2, 0.25) is 5.82 Å². The molecule has 0 aromatic carbocycles. The molecular weight excluding hydrogens is 213 g/mol. The summed E-state index contributed by atoms with van der Waals surface area (Å²) in [7, 11) is 0. The van der Waals surface area contributed by atoms with Crippen LogP contribution < -0.4 is 5.46 Å². The van der Waals surface area contributed by atoms with Crippen LogP contribution in [0.5, 0.6) is 0 Å². The number of alkyl halides is 3. The molecule has 2 nitrogen and oxygen atoms in total. The Morgan fingerprint density at radius 1 is 1.00 bits per heavy atom. The summed E-state index contributed by atoms with van der Waals surface area (Å²) >= 11 is 0. The van der Waals surface area contributed by atoms with E-state index < -0.39 is 24.4 Å². The fraction of sp³-hybridized carbons (Fsp3) is 0.200. The van der Waals surface area contributed by atoms with Crippen LogP contribution in [0.1, 0.15) is 5.82 Å². The molecule has 9 heteroatoms. The van der Waals surface area contributed by atoms with Gasteiger partial charge in [0.25, 0.3) is 0 Å². The van der Waals surface area contributed by atoms with Gasteiger partial charge in [0.1, 0.15) is 0 Å². The maximum atomic E-state index is 11.9. The van der Waals surface area contributed by atoms with Crippen LogP contribution in [0.3, 0.4) is 0 Å². The van der Waals surface area contributed by atoms with E-state index in [1.807, 2.05) is 0 Å². The monoisotopic (exact) mass is 215 g/mol. The quantitative estimate of drug-likeness (QED) is 0.524. The van der Waals surface area contributed by atoms with Crippen LogP contribution in [0.4, 0.5) is 26.1 Å². The highest BCUT2D eigenvalue weighted by atomic mass is 19.4. The SMILES string of the molecule is F[B-](F)(F)c1cnc(C(F)(F)F)nc1. The second-order valence-corrected chi connectivity index (χ2v) is 2.41. The normalized spacial score (nSPS) is 13.0. The highest BCUT2D eigenvalue weighted by molar-refractivity contribution is 6.73. The maximum Gasteiger partial charge on any atom is 0.512 e. The summed E-state index contributed by atoms with van der Waals surface area (Å²) in [5.41, 5.74) is -1.25. The highest BCUT2D eigenvalue weighted by Gasteiger charge is 2.35. The third-order valence-corrected chi connectivity index (χ3v) is 1.30. The summed E-state index contributed by atoms with van der Waals surface area (Å²) < 4.78 is 71.2. The lowest BCUT2D eigenvalue weighted by Crippen LogP contribution is -2.35. The van der Waals surface area contributed by atoms with E-state index in [4.69, 9.17) is 0 Å². The zero-order chi connectivity index (χ0) is 11.0. The van der Waals surface area contributed by atoms with Crippen LogP contribution in [0, 0.1) is 0 Å². The number of hydrogen-bond acceptors (Lipinski definition) is 2. The molecule has 0 N–H and O–H groups in total. The molecule has 1 heterocycles. The first-order valence-electron chi connectivity index (χ1n) is 3.30. The summed E-state index contributed by atoms with van der Waals surface area (Å²) in [5, 5.41) is 0. The van der Waals surface area contributed by atoms with E-state index in [1.165, 1.54) is 0 Å². The van der Waals surface area contributed by atoms with E-state index in [-0.39, 0.29) is 12.4 Å². The van der Waals surface area contributed by atoms with Crippen LogP contribution in [-0.4, -0.2) is 16.9 Å². The van der Waals surface area contributed by atoms with E-state index >= 15 is 0 Å². The van der Waals surface area contributed by atoms with Gasteiger partial charge in [0.05, 0.1) is 0 Å². The minimum atomic E-state index is -5.35. The zero-order valence-corrected chi connectivity index (χ0v) is 6.39. The molecule has 78 valence electrons. The van der Waals surface area contributed by atoms with Crippen molar-refractivity contribution in [3.63, 3.8) is 0 Å². The second-order valence-electron chi connectivity index (χ2n) is 2.41. The van der Waals surface area contributed by atoms with Crippen LogP contribution in [-0.2, 0) is 6.18 Å². The van der Waals surface area contributed by atoms with E-state index in [0.717, 1.165) is 0 Å². The van der Waals surface area contributed by atoms with Crippen molar-refractivity contribution < 1.29 is 26.1 Å².